The van der Waals surface area contributed by atoms with Gasteiger partial charge in [-0.15, -0.1) is 0 Å². The van der Waals surface area contributed by atoms with Crippen LogP contribution in [0.15, 0.2) is 0 Å². The lowest BCUT2D eigenvalue weighted by molar-refractivity contribution is 0.211. The lowest BCUT2D eigenvalue weighted by atomic mass is 9.87. The van der Waals surface area contributed by atoms with Crippen molar-refractivity contribution in [2.45, 2.75) is 19.8 Å². The lowest BCUT2D eigenvalue weighted by Crippen LogP contribution is -2.21. The van der Waals surface area contributed by atoms with E-state index in [0.29, 0.717) is 12.0 Å². The van der Waals surface area contributed by atoms with Crippen LogP contribution < -0.4 is 5.32 Å². The number of hydrogen-bond acceptors (Lipinski definition) is 2. The van der Waals surface area contributed by atoms with E-state index in [9.17, 15) is 0 Å². The zero-order valence-electron chi connectivity index (χ0n) is 5.98. The molecule has 2 heteroatoms. The van der Waals surface area contributed by atoms with Gasteiger partial charge >= 0.3 is 0 Å². The second-order valence-electron chi connectivity index (χ2n) is 3.21. The first-order valence-corrected chi connectivity index (χ1v) is 3.58. The molecule has 0 aromatic rings. The standard InChI is InChI=1S/C7H15NO/c1-7(3-5-9)2-4-8-6-7/h8-9H,2-6H2,1H3. The minimum atomic E-state index is 0.332. The van der Waals surface area contributed by atoms with Crippen molar-refractivity contribution in [1.29, 1.82) is 0 Å². The van der Waals surface area contributed by atoms with Crippen LogP contribution in [0.5, 0.6) is 0 Å². The predicted octanol–water partition coefficient (Wildman–Crippen LogP) is 0.368. The molecule has 1 saturated heterocycles. The number of rotatable bonds is 2. The summed E-state index contributed by atoms with van der Waals surface area (Å²) in [5.74, 6) is 0. The van der Waals surface area contributed by atoms with Crippen LogP contribution in [0.4, 0.5) is 0 Å². The Hall–Kier alpha value is -0.0800. The van der Waals surface area contributed by atoms with Gasteiger partial charge in [-0.3, -0.25) is 0 Å². The lowest BCUT2D eigenvalue weighted by Gasteiger charge is -2.20. The van der Waals surface area contributed by atoms with Crippen molar-refractivity contribution in [2.24, 2.45) is 5.41 Å². The van der Waals surface area contributed by atoms with Crippen LogP contribution in [-0.4, -0.2) is 24.8 Å². The molecule has 1 aliphatic heterocycles. The van der Waals surface area contributed by atoms with E-state index in [2.05, 4.69) is 12.2 Å². The van der Waals surface area contributed by atoms with E-state index in [0.717, 1.165) is 19.5 Å². The average Bonchev–Trinajstić information content (AvgIpc) is 2.16. The van der Waals surface area contributed by atoms with Gasteiger partial charge in [0.15, 0.2) is 0 Å². The number of nitrogens with one attached hydrogen (secondary N) is 1. The van der Waals surface area contributed by atoms with Crippen LogP contribution in [0.2, 0.25) is 0 Å². The van der Waals surface area contributed by atoms with E-state index in [1.165, 1.54) is 6.42 Å². The molecule has 2 nitrogen and oxygen atoms in total. The molecule has 0 bridgehead atoms. The van der Waals surface area contributed by atoms with Crippen LogP contribution in [0.3, 0.4) is 0 Å². The Morgan fingerprint density at radius 2 is 2.44 bits per heavy atom. The van der Waals surface area contributed by atoms with E-state index in [4.69, 9.17) is 5.11 Å². The molecule has 0 radical (unpaired) electrons. The summed E-state index contributed by atoms with van der Waals surface area (Å²) in [4.78, 5) is 0. The molecule has 2 N–H and O–H groups in total. The molecule has 1 rings (SSSR count). The number of hydrogen-bond donors (Lipinski definition) is 2. The van der Waals surface area contributed by atoms with Crippen molar-refractivity contribution < 1.29 is 5.11 Å². The van der Waals surface area contributed by atoms with E-state index in [-0.39, 0.29) is 0 Å². The smallest absolute Gasteiger partial charge is 0.0436 e. The number of aliphatic hydroxyl groups excluding tert-OH is 1. The van der Waals surface area contributed by atoms with Crippen LogP contribution >= 0.6 is 0 Å². The third kappa shape index (κ3) is 1.66. The molecule has 0 saturated carbocycles. The first kappa shape index (κ1) is 7.03. The summed E-state index contributed by atoms with van der Waals surface area (Å²) in [6, 6.07) is 0. The molecule has 1 fully saturated rings. The molecular weight excluding hydrogens is 114 g/mol. The maximum absolute atomic E-state index is 8.66. The molecule has 0 aromatic carbocycles. The maximum Gasteiger partial charge on any atom is 0.0436 e. The molecule has 1 aliphatic rings. The molecule has 1 atom stereocenters. The topological polar surface area (TPSA) is 32.3 Å². The van der Waals surface area contributed by atoms with Gasteiger partial charge in [-0.2, -0.15) is 0 Å². The van der Waals surface area contributed by atoms with Gasteiger partial charge in [-0.1, -0.05) is 6.92 Å². The first-order valence-electron chi connectivity index (χ1n) is 3.58. The molecule has 1 heterocycles. The Bertz CT molecular complexity index is 86.9. The van der Waals surface area contributed by atoms with Crippen molar-refractivity contribution in [3.63, 3.8) is 0 Å². The van der Waals surface area contributed by atoms with Crippen LogP contribution in [0, 0.1) is 5.41 Å². The minimum Gasteiger partial charge on any atom is -0.396 e. The Labute approximate surface area is 56.3 Å². The molecular formula is C7H15NO. The monoisotopic (exact) mass is 129 g/mol. The highest BCUT2D eigenvalue weighted by molar-refractivity contribution is 4.82. The summed E-state index contributed by atoms with van der Waals surface area (Å²) in [6.45, 7) is 4.76. The third-order valence-corrected chi connectivity index (χ3v) is 2.17. The second-order valence-corrected chi connectivity index (χ2v) is 3.21. The van der Waals surface area contributed by atoms with Gasteiger partial charge in [0.2, 0.25) is 0 Å². The fraction of sp³-hybridized carbons (Fsp3) is 1.00. The van der Waals surface area contributed by atoms with Gasteiger partial charge in [0.25, 0.3) is 0 Å². The minimum absolute atomic E-state index is 0.332. The fourth-order valence-corrected chi connectivity index (χ4v) is 1.35. The van der Waals surface area contributed by atoms with Crippen molar-refractivity contribution >= 4 is 0 Å². The Morgan fingerprint density at radius 1 is 1.67 bits per heavy atom. The maximum atomic E-state index is 8.66. The quantitative estimate of drug-likeness (QED) is 0.564. The van der Waals surface area contributed by atoms with Gasteiger partial charge in [0, 0.05) is 13.2 Å². The molecule has 54 valence electrons. The summed E-state index contributed by atoms with van der Waals surface area (Å²) in [6.07, 6.45) is 2.16. The molecule has 0 amide bonds. The summed E-state index contributed by atoms with van der Waals surface area (Å²) >= 11 is 0. The Balaban J connectivity index is 2.32. The first-order chi connectivity index (χ1) is 4.27. The summed E-state index contributed by atoms with van der Waals surface area (Å²) in [7, 11) is 0. The van der Waals surface area contributed by atoms with Crippen molar-refractivity contribution in [3.8, 4) is 0 Å². The fourth-order valence-electron chi connectivity index (χ4n) is 1.35. The molecule has 0 aliphatic carbocycles. The van der Waals surface area contributed by atoms with Crippen molar-refractivity contribution in [2.75, 3.05) is 19.7 Å². The average molecular weight is 129 g/mol. The third-order valence-electron chi connectivity index (χ3n) is 2.17. The SMILES string of the molecule is CC1(CCO)CCNC1. The van der Waals surface area contributed by atoms with Gasteiger partial charge < -0.3 is 10.4 Å². The highest BCUT2D eigenvalue weighted by Gasteiger charge is 2.27. The predicted molar refractivity (Wildman–Crippen MR) is 37.3 cm³/mol. The van der Waals surface area contributed by atoms with Crippen molar-refractivity contribution in [1.82, 2.24) is 5.32 Å². The van der Waals surface area contributed by atoms with E-state index in [1.54, 1.807) is 0 Å². The van der Waals surface area contributed by atoms with E-state index < -0.39 is 0 Å². The van der Waals surface area contributed by atoms with E-state index in [1.807, 2.05) is 0 Å². The molecule has 0 aromatic heterocycles. The highest BCUT2D eigenvalue weighted by Crippen LogP contribution is 2.27. The van der Waals surface area contributed by atoms with E-state index >= 15 is 0 Å². The summed E-state index contributed by atoms with van der Waals surface area (Å²) in [5, 5.41) is 12.0. The van der Waals surface area contributed by atoms with Gasteiger partial charge in [0.1, 0.15) is 0 Å². The summed E-state index contributed by atoms with van der Waals surface area (Å²) < 4.78 is 0. The van der Waals surface area contributed by atoms with Crippen LogP contribution in [0.1, 0.15) is 19.8 Å². The zero-order chi connectivity index (χ0) is 6.74. The van der Waals surface area contributed by atoms with Crippen LogP contribution in [0.25, 0.3) is 0 Å². The van der Waals surface area contributed by atoms with Crippen molar-refractivity contribution in [3.05, 3.63) is 0 Å². The van der Waals surface area contributed by atoms with Gasteiger partial charge in [-0.05, 0) is 24.8 Å². The largest absolute Gasteiger partial charge is 0.396 e. The Kier molecular flexibility index (Phi) is 2.09. The summed E-state index contributed by atoms with van der Waals surface area (Å²) in [5.41, 5.74) is 0.384. The second kappa shape index (κ2) is 2.67. The van der Waals surface area contributed by atoms with Crippen LogP contribution in [-0.2, 0) is 0 Å². The van der Waals surface area contributed by atoms with Gasteiger partial charge in [0.05, 0.1) is 0 Å². The molecule has 0 spiro atoms. The Morgan fingerprint density at radius 3 is 2.89 bits per heavy atom. The normalized spacial score (nSPS) is 35.3. The molecule has 1 unspecified atom stereocenters. The molecule has 9 heavy (non-hydrogen) atoms. The van der Waals surface area contributed by atoms with Gasteiger partial charge in [-0.25, -0.2) is 0 Å². The zero-order valence-corrected chi connectivity index (χ0v) is 5.98. The highest BCUT2D eigenvalue weighted by atomic mass is 16.3. The number of aliphatic hydroxyl groups is 1.